The monoisotopic (exact) mass is 246 g/mol. The Balaban J connectivity index is 2.93. The van der Waals surface area contributed by atoms with Crippen LogP contribution < -0.4 is 0 Å². The number of aromatic nitrogens is 4. The van der Waals surface area contributed by atoms with Crippen LogP contribution in [-0.2, 0) is 0 Å². The van der Waals surface area contributed by atoms with Gasteiger partial charge in [-0.3, -0.25) is 5.10 Å². The molecule has 5 heteroatoms. The number of fused-ring (bicyclic) bond motifs is 1. The molecule has 50 valence electrons. The van der Waals surface area contributed by atoms with E-state index < -0.39 is 0 Å². The molecule has 4 nitrogen and oxygen atoms in total. The van der Waals surface area contributed by atoms with E-state index in [2.05, 4.69) is 42.8 Å². The molecule has 2 aromatic heterocycles. The van der Waals surface area contributed by atoms with Crippen LogP contribution >= 0.6 is 22.6 Å². The molecular formula is C5H3IN4. The number of rotatable bonds is 0. The van der Waals surface area contributed by atoms with Crippen molar-refractivity contribution in [3.05, 3.63) is 16.2 Å². The van der Waals surface area contributed by atoms with E-state index in [4.69, 9.17) is 0 Å². The summed E-state index contributed by atoms with van der Waals surface area (Å²) < 4.78 is 0.884. The number of aromatic amines is 1. The minimum absolute atomic E-state index is 0.881. The predicted octanol–water partition coefficient (Wildman–Crippen LogP) is 0.958. The van der Waals surface area contributed by atoms with Gasteiger partial charge in [0.15, 0.2) is 0 Å². The average Bonchev–Trinajstić information content (AvgIpc) is 2.34. The van der Waals surface area contributed by atoms with Crippen molar-refractivity contribution in [1.82, 2.24) is 20.2 Å². The van der Waals surface area contributed by atoms with Crippen molar-refractivity contribution in [2.75, 3.05) is 0 Å². The molecule has 1 N–H and O–H groups in total. The Morgan fingerprint density at radius 1 is 1.50 bits per heavy atom. The van der Waals surface area contributed by atoms with Crippen molar-refractivity contribution in [3.63, 3.8) is 0 Å². The fraction of sp³-hybridized carbons (Fsp3) is 0. The molecule has 0 atom stereocenters. The van der Waals surface area contributed by atoms with Gasteiger partial charge in [0.25, 0.3) is 0 Å². The molecule has 0 bridgehead atoms. The number of H-pyrrole nitrogens is 1. The summed E-state index contributed by atoms with van der Waals surface area (Å²) >= 11 is 2.12. The first kappa shape index (κ1) is 6.02. The van der Waals surface area contributed by atoms with Crippen LogP contribution in [0.3, 0.4) is 0 Å². The summed E-state index contributed by atoms with van der Waals surface area (Å²) in [6.07, 6.45) is 3.22. The van der Waals surface area contributed by atoms with E-state index in [9.17, 15) is 0 Å². The van der Waals surface area contributed by atoms with Crippen molar-refractivity contribution in [1.29, 1.82) is 0 Å². The maximum absolute atomic E-state index is 4.03. The van der Waals surface area contributed by atoms with Crippen LogP contribution in [0.2, 0.25) is 0 Å². The van der Waals surface area contributed by atoms with Crippen LogP contribution in [0.25, 0.3) is 11.0 Å². The van der Waals surface area contributed by atoms with Crippen molar-refractivity contribution in [3.8, 4) is 0 Å². The topological polar surface area (TPSA) is 54.5 Å². The molecule has 0 amide bonds. The van der Waals surface area contributed by atoms with Gasteiger partial charge in [-0.15, -0.1) is 0 Å². The molecule has 0 saturated carbocycles. The molecule has 0 radical (unpaired) electrons. The van der Waals surface area contributed by atoms with E-state index in [1.54, 1.807) is 6.20 Å². The zero-order chi connectivity index (χ0) is 6.97. The van der Waals surface area contributed by atoms with Crippen molar-refractivity contribution >= 4 is 33.6 Å². The highest BCUT2D eigenvalue weighted by atomic mass is 127. The molecule has 0 aromatic carbocycles. The van der Waals surface area contributed by atoms with Crippen LogP contribution in [0.15, 0.2) is 12.5 Å². The van der Waals surface area contributed by atoms with Gasteiger partial charge in [0.1, 0.15) is 21.1 Å². The molecule has 10 heavy (non-hydrogen) atoms. The number of nitrogens with zero attached hydrogens (tertiary/aromatic N) is 3. The zero-order valence-electron chi connectivity index (χ0n) is 4.87. The molecule has 2 aromatic rings. The first-order chi connectivity index (χ1) is 4.88. The third-order valence-electron chi connectivity index (χ3n) is 1.18. The molecule has 0 saturated heterocycles. The van der Waals surface area contributed by atoms with Crippen molar-refractivity contribution in [2.45, 2.75) is 0 Å². The minimum atomic E-state index is 0.881. The van der Waals surface area contributed by atoms with Crippen LogP contribution in [0.5, 0.6) is 0 Å². The Hall–Kier alpha value is -0.720. The Morgan fingerprint density at radius 2 is 2.40 bits per heavy atom. The summed E-state index contributed by atoms with van der Waals surface area (Å²) in [6.45, 7) is 0. The van der Waals surface area contributed by atoms with Crippen LogP contribution in [-0.4, -0.2) is 20.2 Å². The maximum Gasteiger partial charge on any atom is 0.149 e. The van der Waals surface area contributed by atoms with E-state index in [-0.39, 0.29) is 0 Å². The van der Waals surface area contributed by atoms with Crippen LogP contribution in [0, 0.1) is 3.70 Å². The average molecular weight is 246 g/mol. The van der Waals surface area contributed by atoms with Gasteiger partial charge in [-0.05, 0) is 22.6 Å². The molecule has 0 fully saturated rings. The molecule has 0 aliphatic carbocycles. The lowest BCUT2D eigenvalue weighted by Crippen LogP contribution is -1.77. The maximum atomic E-state index is 4.03. The predicted molar refractivity (Wildman–Crippen MR) is 44.4 cm³/mol. The Bertz CT molecular complexity index is 355. The van der Waals surface area contributed by atoms with Gasteiger partial charge in [0.05, 0.1) is 6.20 Å². The summed E-state index contributed by atoms with van der Waals surface area (Å²) in [5.74, 6) is 0. The third-order valence-corrected chi connectivity index (χ3v) is 1.93. The Kier molecular flexibility index (Phi) is 1.30. The molecule has 0 unspecified atom stereocenters. The summed E-state index contributed by atoms with van der Waals surface area (Å²) in [5.41, 5.74) is 1.77. The fourth-order valence-corrected chi connectivity index (χ4v) is 1.29. The van der Waals surface area contributed by atoms with Crippen LogP contribution in [0.1, 0.15) is 0 Å². The van der Waals surface area contributed by atoms with Gasteiger partial charge in [0.2, 0.25) is 0 Å². The van der Waals surface area contributed by atoms with Gasteiger partial charge in [0, 0.05) is 0 Å². The van der Waals surface area contributed by atoms with Crippen molar-refractivity contribution < 1.29 is 0 Å². The summed E-state index contributed by atoms with van der Waals surface area (Å²) in [7, 11) is 0. The van der Waals surface area contributed by atoms with E-state index in [1.807, 2.05) is 0 Å². The van der Waals surface area contributed by atoms with E-state index in [1.165, 1.54) is 6.33 Å². The smallest absolute Gasteiger partial charge is 0.149 e. The largest absolute Gasteiger partial charge is 0.274 e. The quantitative estimate of drug-likeness (QED) is 0.704. The molecular weight excluding hydrogens is 243 g/mol. The summed E-state index contributed by atoms with van der Waals surface area (Å²) in [5, 5.41) is 6.76. The van der Waals surface area contributed by atoms with E-state index in [0.717, 1.165) is 14.7 Å². The highest BCUT2D eigenvalue weighted by Crippen LogP contribution is 2.11. The van der Waals surface area contributed by atoms with Crippen LogP contribution in [0.4, 0.5) is 0 Å². The Morgan fingerprint density at radius 3 is 3.20 bits per heavy atom. The number of hydrogen-bond acceptors (Lipinski definition) is 3. The summed E-state index contributed by atoms with van der Waals surface area (Å²) in [4.78, 5) is 7.87. The van der Waals surface area contributed by atoms with Crippen molar-refractivity contribution in [2.24, 2.45) is 0 Å². The lowest BCUT2D eigenvalue weighted by atomic mass is 10.5. The fourth-order valence-electron chi connectivity index (χ4n) is 0.738. The standard InChI is InChI=1S/C5H3IN4/c6-5-4-3(9-10-5)1-7-2-8-4/h1-2H,(H,9,10). The minimum Gasteiger partial charge on any atom is -0.274 e. The van der Waals surface area contributed by atoms with Gasteiger partial charge < -0.3 is 0 Å². The first-order valence-corrected chi connectivity index (χ1v) is 3.75. The number of hydrogen-bond donors (Lipinski definition) is 1. The van der Waals surface area contributed by atoms with E-state index >= 15 is 0 Å². The molecule has 0 aliphatic heterocycles. The second-order valence-corrected chi connectivity index (χ2v) is 2.82. The SMILES string of the molecule is Ic1n[nH]c2cncnc12. The van der Waals surface area contributed by atoms with Gasteiger partial charge >= 0.3 is 0 Å². The molecule has 0 spiro atoms. The number of halogens is 1. The number of nitrogens with one attached hydrogen (secondary N) is 1. The second kappa shape index (κ2) is 2.15. The highest BCUT2D eigenvalue weighted by Gasteiger charge is 2.00. The van der Waals surface area contributed by atoms with Gasteiger partial charge in [-0.1, -0.05) is 0 Å². The van der Waals surface area contributed by atoms with E-state index in [0.29, 0.717) is 0 Å². The first-order valence-electron chi connectivity index (χ1n) is 2.67. The summed E-state index contributed by atoms with van der Waals surface area (Å²) in [6, 6.07) is 0. The lowest BCUT2D eigenvalue weighted by Gasteiger charge is -1.82. The zero-order valence-corrected chi connectivity index (χ0v) is 7.03. The lowest BCUT2D eigenvalue weighted by molar-refractivity contribution is 1.09. The van der Waals surface area contributed by atoms with Gasteiger partial charge in [-0.2, -0.15) is 5.10 Å². The third kappa shape index (κ3) is 0.772. The highest BCUT2D eigenvalue weighted by molar-refractivity contribution is 14.1. The molecule has 0 aliphatic rings. The molecule has 2 heterocycles. The normalized spacial score (nSPS) is 10.5. The molecule has 2 rings (SSSR count). The van der Waals surface area contributed by atoms with Gasteiger partial charge in [-0.25, -0.2) is 9.97 Å². The second-order valence-electron chi connectivity index (χ2n) is 1.80. The Labute approximate surface area is 70.2 Å².